The van der Waals surface area contributed by atoms with E-state index in [1.54, 1.807) is 48.5 Å². The van der Waals surface area contributed by atoms with Crippen molar-refractivity contribution in [2.75, 3.05) is 0 Å². The fourth-order valence-electron chi connectivity index (χ4n) is 3.29. The van der Waals surface area contributed by atoms with Gasteiger partial charge in [0.15, 0.2) is 5.78 Å². The van der Waals surface area contributed by atoms with Crippen LogP contribution in [-0.4, -0.2) is 11.9 Å². The van der Waals surface area contributed by atoms with E-state index in [1.807, 2.05) is 61.5 Å². The van der Waals surface area contributed by atoms with Crippen LogP contribution in [0, 0.1) is 6.92 Å². The van der Waals surface area contributed by atoms with Crippen molar-refractivity contribution in [1.29, 1.82) is 0 Å². The Morgan fingerprint density at radius 3 is 1.52 bits per heavy atom. The third kappa shape index (κ3) is 5.43. The quantitative estimate of drug-likeness (QED) is 0.189. The summed E-state index contributed by atoms with van der Waals surface area (Å²) in [4.78, 5) is 24.6. The van der Waals surface area contributed by atoms with Crippen LogP contribution in [0.3, 0.4) is 0 Å². The molecule has 0 bridgehead atoms. The van der Waals surface area contributed by atoms with Gasteiger partial charge in [-0.05, 0) is 60.0 Å². The molecule has 0 saturated heterocycles. The van der Waals surface area contributed by atoms with Crippen LogP contribution in [0.2, 0.25) is 0 Å². The third-order valence-electron chi connectivity index (χ3n) is 5.16. The SMILES string of the molecule is C=C(c1ccc(C)cc1)c1ccc(OC(=O)Oc2ccc(C(=O)c3ccccc3)cc2)cc1. The van der Waals surface area contributed by atoms with Crippen molar-refractivity contribution < 1.29 is 19.1 Å². The fourth-order valence-corrected chi connectivity index (χ4v) is 3.29. The molecule has 0 amide bonds. The number of hydrogen-bond donors (Lipinski definition) is 0. The Balaban J connectivity index is 1.35. The van der Waals surface area contributed by atoms with Crippen molar-refractivity contribution in [1.82, 2.24) is 0 Å². The second-order valence-electron chi connectivity index (χ2n) is 7.54. The maximum Gasteiger partial charge on any atom is 0.519 e. The van der Waals surface area contributed by atoms with E-state index in [0.29, 0.717) is 16.9 Å². The van der Waals surface area contributed by atoms with E-state index < -0.39 is 6.16 Å². The van der Waals surface area contributed by atoms with Crippen molar-refractivity contribution in [3.8, 4) is 11.5 Å². The lowest BCUT2D eigenvalue weighted by atomic mass is 9.99. The predicted molar refractivity (Wildman–Crippen MR) is 129 cm³/mol. The van der Waals surface area contributed by atoms with Crippen LogP contribution in [-0.2, 0) is 0 Å². The smallest absolute Gasteiger partial charge is 0.395 e. The molecule has 4 heteroatoms. The number of benzene rings is 4. The highest BCUT2D eigenvalue weighted by Gasteiger charge is 2.12. The first kappa shape index (κ1) is 21.8. The molecular weight excluding hydrogens is 412 g/mol. The first-order chi connectivity index (χ1) is 16.0. The van der Waals surface area contributed by atoms with Crippen LogP contribution in [0.25, 0.3) is 5.57 Å². The zero-order valence-corrected chi connectivity index (χ0v) is 18.2. The highest BCUT2D eigenvalue weighted by Crippen LogP contribution is 2.24. The number of hydrogen-bond acceptors (Lipinski definition) is 4. The molecular formula is C29H22O4. The van der Waals surface area contributed by atoms with E-state index in [9.17, 15) is 9.59 Å². The molecule has 33 heavy (non-hydrogen) atoms. The van der Waals surface area contributed by atoms with Crippen molar-refractivity contribution in [3.63, 3.8) is 0 Å². The zero-order valence-electron chi connectivity index (χ0n) is 18.2. The Hall–Kier alpha value is -4.44. The lowest BCUT2D eigenvalue weighted by Crippen LogP contribution is -2.13. The first-order valence-electron chi connectivity index (χ1n) is 10.5. The Bertz CT molecular complexity index is 1270. The van der Waals surface area contributed by atoms with Crippen LogP contribution in [0.4, 0.5) is 4.79 Å². The van der Waals surface area contributed by atoms with Gasteiger partial charge in [-0.25, -0.2) is 4.79 Å². The van der Waals surface area contributed by atoms with Gasteiger partial charge in [0.1, 0.15) is 11.5 Å². The normalized spacial score (nSPS) is 10.3. The summed E-state index contributed by atoms with van der Waals surface area (Å²) < 4.78 is 10.5. The Morgan fingerprint density at radius 2 is 1.00 bits per heavy atom. The summed E-state index contributed by atoms with van der Waals surface area (Å²) in [6.45, 7) is 6.19. The van der Waals surface area contributed by atoms with Crippen LogP contribution in [0.5, 0.6) is 11.5 Å². The third-order valence-corrected chi connectivity index (χ3v) is 5.16. The van der Waals surface area contributed by atoms with Gasteiger partial charge in [0, 0.05) is 11.1 Å². The van der Waals surface area contributed by atoms with Gasteiger partial charge >= 0.3 is 6.16 Å². The molecule has 0 radical (unpaired) electrons. The Morgan fingerprint density at radius 1 is 0.576 bits per heavy atom. The summed E-state index contributed by atoms with van der Waals surface area (Å²) in [5, 5.41) is 0. The van der Waals surface area contributed by atoms with Gasteiger partial charge in [-0.2, -0.15) is 0 Å². The Kier molecular flexibility index (Phi) is 6.46. The lowest BCUT2D eigenvalue weighted by Gasteiger charge is -2.09. The van der Waals surface area contributed by atoms with Gasteiger partial charge in [0.05, 0.1) is 0 Å². The average Bonchev–Trinajstić information content (AvgIpc) is 2.85. The van der Waals surface area contributed by atoms with E-state index in [0.717, 1.165) is 16.7 Å². The maximum absolute atomic E-state index is 12.5. The first-order valence-corrected chi connectivity index (χ1v) is 10.5. The molecule has 162 valence electrons. The molecule has 4 nitrogen and oxygen atoms in total. The predicted octanol–water partition coefficient (Wildman–Crippen LogP) is 6.87. The van der Waals surface area contributed by atoms with E-state index in [4.69, 9.17) is 9.47 Å². The number of ether oxygens (including phenoxy) is 2. The molecule has 4 aromatic carbocycles. The van der Waals surface area contributed by atoms with Gasteiger partial charge in [-0.1, -0.05) is 78.9 Å². The second kappa shape index (κ2) is 9.79. The molecule has 0 fully saturated rings. The van der Waals surface area contributed by atoms with Crippen molar-refractivity contribution in [2.45, 2.75) is 6.92 Å². The van der Waals surface area contributed by atoms with Gasteiger partial charge in [0.25, 0.3) is 0 Å². The average molecular weight is 434 g/mol. The van der Waals surface area contributed by atoms with Crippen molar-refractivity contribution >= 4 is 17.5 Å². The molecule has 4 rings (SSSR count). The molecule has 0 aliphatic carbocycles. The summed E-state index contributed by atoms with van der Waals surface area (Å²) in [7, 11) is 0. The lowest BCUT2D eigenvalue weighted by molar-refractivity contribution is 0.103. The molecule has 4 aromatic rings. The molecule has 0 atom stereocenters. The highest BCUT2D eigenvalue weighted by atomic mass is 16.7. The standard InChI is InChI=1S/C29H22O4/c1-20-8-10-22(11-9-20)21(2)23-12-16-26(17-13-23)32-29(31)33-27-18-14-25(15-19-27)28(30)24-6-4-3-5-7-24/h3-19H,2H2,1H3. The number of carbonyl (C=O) groups excluding carboxylic acids is 2. The van der Waals surface area contributed by atoms with Gasteiger partial charge in [0.2, 0.25) is 0 Å². The molecule has 0 aromatic heterocycles. The van der Waals surface area contributed by atoms with Gasteiger partial charge in [-0.3, -0.25) is 4.79 Å². The summed E-state index contributed by atoms with van der Waals surface area (Å²) >= 11 is 0. The molecule has 0 unspecified atom stereocenters. The molecule has 0 saturated carbocycles. The van der Waals surface area contributed by atoms with E-state index >= 15 is 0 Å². The zero-order chi connectivity index (χ0) is 23.2. The van der Waals surface area contributed by atoms with E-state index in [2.05, 4.69) is 6.58 Å². The summed E-state index contributed by atoms with van der Waals surface area (Å²) in [5.41, 5.74) is 5.13. The van der Waals surface area contributed by atoms with Gasteiger partial charge < -0.3 is 9.47 Å². The number of ketones is 1. The monoisotopic (exact) mass is 434 g/mol. The van der Waals surface area contributed by atoms with Crippen LogP contribution in [0.15, 0.2) is 110 Å². The van der Waals surface area contributed by atoms with Crippen LogP contribution in [0.1, 0.15) is 32.6 Å². The van der Waals surface area contributed by atoms with Crippen LogP contribution >= 0.6 is 0 Å². The fraction of sp³-hybridized carbons (Fsp3) is 0.0345. The molecule has 0 spiro atoms. The van der Waals surface area contributed by atoms with E-state index in [-0.39, 0.29) is 11.5 Å². The minimum Gasteiger partial charge on any atom is -0.395 e. The highest BCUT2D eigenvalue weighted by molar-refractivity contribution is 6.09. The molecule has 0 N–H and O–H groups in total. The topological polar surface area (TPSA) is 52.6 Å². The maximum atomic E-state index is 12.5. The van der Waals surface area contributed by atoms with E-state index in [1.165, 1.54) is 5.56 Å². The van der Waals surface area contributed by atoms with Crippen molar-refractivity contribution in [2.24, 2.45) is 0 Å². The molecule has 0 heterocycles. The number of rotatable bonds is 6. The summed E-state index contributed by atoms with van der Waals surface area (Å²) in [6, 6.07) is 30.5. The Labute approximate surface area is 192 Å². The van der Waals surface area contributed by atoms with Gasteiger partial charge in [-0.15, -0.1) is 0 Å². The molecule has 0 aliphatic rings. The minimum absolute atomic E-state index is 0.1000. The summed E-state index contributed by atoms with van der Waals surface area (Å²) in [6.07, 6.45) is -0.859. The second-order valence-corrected chi connectivity index (χ2v) is 7.54. The largest absolute Gasteiger partial charge is 0.519 e. The number of carbonyl (C=O) groups is 2. The van der Waals surface area contributed by atoms with Crippen LogP contribution < -0.4 is 9.47 Å². The minimum atomic E-state index is -0.859. The van der Waals surface area contributed by atoms with Crippen molar-refractivity contribution in [3.05, 3.63) is 138 Å². The number of aryl methyl sites for hydroxylation is 1. The summed E-state index contributed by atoms with van der Waals surface area (Å²) in [5.74, 6) is 0.544. The molecule has 0 aliphatic heterocycles.